The Hall–Kier alpha value is -1.55. The fourth-order valence-corrected chi connectivity index (χ4v) is 1.86. The van der Waals surface area contributed by atoms with Gasteiger partial charge in [0, 0.05) is 13.1 Å². The van der Waals surface area contributed by atoms with E-state index in [9.17, 15) is 4.79 Å². The SMILES string of the molecule is COC(=O)C(CNCc1ccc(OC)cc1)C(C)C. The van der Waals surface area contributed by atoms with Crippen molar-refractivity contribution in [2.45, 2.75) is 20.4 Å². The summed E-state index contributed by atoms with van der Waals surface area (Å²) in [4.78, 5) is 11.6. The van der Waals surface area contributed by atoms with Crippen molar-refractivity contribution in [3.8, 4) is 5.75 Å². The standard InChI is InChI=1S/C15H23NO3/c1-11(2)14(15(17)19-4)10-16-9-12-5-7-13(18-3)8-6-12/h5-8,11,14,16H,9-10H2,1-4H3. The average molecular weight is 265 g/mol. The van der Waals surface area contributed by atoms with E-state index in [1.807, 2.05) is 38.1 Å². The number of carbonyl (C=O) groups excluding carboxylic acids is 1. The van der Waals surface area contributed by atoms with E-state index in [0.29, 0.717) is 6.54 Å². The van der Waals surface area contributed by atoms with Crippen molar-refractivity contribution in [3.05, 3.63) is 29.8 Å². The summed E-state index contributed by atoms with van der Waals surface area (Å²) >= 11 is 0. The lowest BCUT2D eigenvalue weighted by Gasteiger charge is -2.18. The summed E-state index contributed by atoms with van der Waals surface area (Å²) in [5, 5.41) is 3.29. The fraction of sp³-hybridized carbons (Fsp3) is 0.533. The second-order valence-corrected chi connectivity index (χ2v) is 4.85. The van der Waals surface area contributed by atoms with Gasteiger partial charge in [-0.15, -0.1) is 0 Å². The minimum Gasteiger partial charge on any atom is -0.497 e. The number of carbonyl (C=O) groups is 1. The smallest absolute Gasteiger partial charge is 0.310 e. The Balaban J connectivity index is 2.45. The molecule has 106 valence electrons. The molecule has 0 aliphatic carbocycles. The number of methoxy groups -OCH3 is 2. The Morgan fingerprint density at radius 3 is 2.32 bits per heavy atom. The van der Waals surface area contributed by atoms with Gasteiger partial charge in [-0.05, 0) is 23.6 Å². The van der Waals surface area contributed by atoms with Crippen molar-refractivity contribution < 1.29 is 14.3 Å². The molecule has 4 nitrogen and oxygen atoms in total. The van der Waals surface area contributed by atoms with Crippen molar-refractivity contribution in [1.82, 2.24) is 5.32 Å². The highest BCUT2D eigenvalue weighted by Gasteiger charge is 2.22. The first-order chi connectivity index (χ1) is 9.08. The maximum atomic E-state index is 11.6. The van der Waals surface area contributed by atoms with Crippen LogP contribution in [0.2, 0.25) is 0 Å². The maximum absolute atomic E-state index is 11.6. The first kappa shape index (κ1) is 15.5. The van der Waals surface area contributed by atoms with Gasteiger partial charge in [0.2, 0.25) is 0 Å². The third-order valence-electron chi connectivity index (χ3n) is 3.16. The van der Waals surface area contributed by atoms with Gasteiger partial charge < -0.3 is 14.8 Å². The maximum Gasteiger partial charge on any atom is 0.310 e. The Morgan fingerprint density at radius 2 is 1.84 bits per heavy atom. The molecule has 0 bridgehead atoms. The molecule has 1 rings (SSSR count). The van der Waals surface area contributed by atoms with Gasteiger partial charge in [0.05, 0.1) is 20.1 Å². The van der Waals surface area contributed by atoms with E-state index in [4.69, 9.17) is 9.47 Å². The van der Waals surface area contributed by atoms with Crippen molar-refractivity contribution in [2.24, 2.45) is 11.8 Å². The molecule has 0 saturated carbocycles. The molecule has 1 N–H and O–H groups in total. The average Bonchev–Trinajstić information content (AvgIpc) is 2.43. The summed E-state index contributed by atoms with van der Waals surface area (Å²) in [6, 6.07) is 7.87. The lowest BCUT2D eigenvalue weighted by Crippen LogP contribution is -2.32. The van der Waals surface area contributed by atoms with Crippen LogP contribution in [0.1, 0.15) is 19.4 Å². The van der Waals surface area contributed by atoms with Crippen molar-refractivity contribution in [3.63, 3.8) is 0 Å². The molecule has 0 fully saturated rings. The van der Waals surface area contributed by atoms with Gasteiger partial charge in [-0.25, -0.2) is 0 Å². The van der Waals surface area contributed by atoms with Gasteiger partial charge in [0.1, 0.15) is 5.75 Å². The summed E-state index contributed by atoms with van der Waals surface area (Å²) in [6.45, 7) is 5.40. The van der Waals surface area contributed by atoms with Crippen LogP contribution in [0.3, 0.4) is 0 Å². The Kier molecular flexibility index (Phi) is 6.36. The van der Waals surface area contributed by atoms with E-state index in [1.54, 1.807) is 7.11 Å². The predicted octanol–water partition coefficient (Wildman–Crippen LogP) is 2.23. The lowest BCUT2D eigenvalue weighted by molar-refractivity contribution is -0.146. The van der Waals surface area contributed by atoms with Crippen molar-refractivity contribution >= 4 is 5.97 Å². The van der Waals surface area contributed by atoms with Crippen LogP contribution >= 0.6 is 0 Å². The van der Waals surface area contributed by atoms with Gasteiger partial charge in [0.15, 0.2) is 0 Å². The monoisotopic (exact) mass is 265 g/mol. The van der Waals surface area contributed by atoms with E-state index in [0.717, 1.165) is 17.9 Å². The Labute approximate surface area is 115 Å². The lowest BCUT2D eigenvalue weighted by atomic mass is 9.96. The summed E-state index contributed by atoms with van der Waals surface area (Å²) < 4.78 is 9.92. The zero-order valence-electron chi connectivity index (χ0n) is 12.1. The normalized spacial score (nSPS) is 12.3. The minimum absolute atomic E-state index is 0.108. The highest BCUT2D eigenvalue weighted by atomic mass is 16.5. The van der Waals surface area contributed by atoms with Crippen LogP contribution in [-0.2, 0) is 16.1 Å². The van der Waals surface area contributed by atoms with E-state index in [-0.39, 0.29) is 17.8 Å². The van der Waals surface area contributed by atoms with E-state index >= 15 is 0 Å². The molecule has 0 radical (unpaired) electrons. The van der Waals surface area contributed by atoms with Crippen molar-refractivity contribution in [1.29, 1.82) is 0 Å². The van der Waals surface area contributed by atoms with Crippen LogP contribution in [0.15, 0.2) is 24.3 Å². The molecule has 4 heteroatoms. The summed E-state index contributed by atoms with van der Waals surface area (Å²) in [5.41, 5.74) is 1.16. The van der Waals surface area contributed by atoms with Crippen LogP contribution in [0.25, 0.3) is 0 Å². The van der Waals surface area contributed by atoms with E-state index in [2.05, 4.69) is 5.32 Å². The Morgan fingerprint density at radius 1 is 1.21 bits per heavy atom. The summed E-state index contributed by atoms with van der Waals surface area (Å²) in [7, 11) is 3.08. The predicted molar refractivity (Wildman–Crippen MR) is 75.0 cm³/mol. The molecule has 0 aliphatic rings. The van der Waals surface area contributed by atoms with Gasteiger partial charge in [0.25, 0.3) is 0 Å². The van der Waals surface area contributed by atoms with Crippen LogP contribution in [0.5, 0.6) is 5.75 Å². The molecule has 1 aromatic rings. The number of esters is 1. The molecule has 0 saturated heterocycles. The minimum atomic E-state index is -0.155. The summed E-state index contributed by atoms with van der Waals surface area (Å²) in [5.74, 6) is 0.842. The van der Waals surface area contributed by atoms with E-state index < -0.39 is 0 Å². The number of ether oxygens (including phenoxy) is 2. The molecule has 19 heavy (non-hydrogen) atoms. The van der Waals surface area contributed by atoms with Gasteiger partial charge >= 0.3 is 5.97 Å². The van der Waals surface area contributed by atoms with Gasteiger partial charge in [-0.2, -0.15) is 0 Å². The van der Waals surface area contributed by atoms with Crippen LogP contribution in [-0.4, -0.2) is 26.7 Å². The highest BCUT2D eigenvalue weighted by molar-refractivity contribution is 5.72. The van der Waals surface area contributed by atoms with Gasteiger partial charge in [-0.1, -0.05) is 26.0 Å². The van der Waals surface area contributed by atoms with Crippen molar-refractivity contribution in [2.75, 3.05) is 20.8 Å². The van der Waals surface area contributed by atoms with Crippen LogP contribution in [0, 0.1) is 11.8 Å². The molecule has 0 amide bonds. The third-order valence-corrected chi connectivity index (χ3v) is 3.16. The summed E-state index contributed by atoms with van der Waals surface area (Å²) in [6.07, 6.45) is 0. The molecule has 1 atom stereocenters. The zero-order valence-corrected chi connectivity index (χ0v) is 12.1. The molecule has 1 unspecified atom stereocenters. The Bertz CT molecular complexity index is 387. The second kappa shape index (κ2) is 7.79. The highest BCUT2D eigenvalue weighted by Crippen LogP contribution is 2.13. The molecule has 0 aliphatic heterocycles. The largest absolute Gasteiger partial charge is 0.497 e. The number of hydrogen-bond acceptors (Lipinski definition) is 4. The molecule has 0 heterocycles. The molecule has 0 aromatic heterocycles. The number of nitrogens with one attached hydrogen (secondary N) is 1. The fourth-order valence-electron chi connectivity index (χ4n) is 1.86. The molecular formula is C15H23NO3. The quantitative estimate of drug-likeness (QED) is 0.768. The third kappa shape index (κ3) is 4.91. The molecule has 0 spiro atoms. The van der Waals surface area contributed by atoms with Gasteiger partial charge in [-0.3, -0.25) is 4.79 Å². The first-order valence-electron chi connectivity index (χ1n) is 6.50. The second-order valence-electron chi connectivity index (χ2n) is 4.85. The molecule has 1 aromatic carbocycles. The topological polar surface area (TPSA) is 47.6 Å². The zero-order chi connectivity index (χ0) is 14.3. The van der Waals surface area contributed by atoms with Crippen LogP contribution in [0.4, 0.5) is 0 Å². The number of benzene rings is 1. The van der Waals surface area contributed by atoms with E-state index in [1.165, 1.54) is 7.11 Å². The molecular weight excluding hydrogens is 242 g/mol. The number of rotatable bonds is 7. The first-order valence-corrected chi connectivity index (χ1v) is 6.50. The van der Waals surface area contributed by atoms with Crippen LogP contribution < -0.4 is 10.1 Å². The number of hydrogen-bond donors (Lipinski definition) is 1.